The Labute approximate surface area is 164 Å². The standard InChI is InChI=1S/C19H17ClF3N3O2/c1-18(27-2,10-26-12-24-11-25-26)16-8-7-15(9-17(16)19(21,22)23)28-14-5-3-13(20)4-6-14/h3-9,11-12H,10H2,1-2H3. The Hall–Kier alpha value is -2.58. The first-order valence-corrected chi connectivity index (χ1v) is 8.62. The molecular weight excluding hydrogens is 395 g/mol. The van der Waals surface area contributed by atoms with Gasteiger partial charge in [-0.2, -0.15) is 18.3 Å². The zero-order chi connectivity index (χ0) is 20.4. The number of benzene rings is 2. The molecule has 0 saturated carbocycles. The fourth-order valence-corrected chi connectivity index (χ4v) is 2.93. The van der Waals surface area contributed by atoms with Crippen molar-refractivity contribution in [2.45, 2.75) is 25.2 Å². The molecule has 0 radical (unpaired) electrons. The van der Waals surface area contributed by atoms with Crippen LogP contribution in [0.4, 0.5) is 13.2 Å². The lowest BCUT2D eigenvalue weighted by molar-refractivity contribution is -0.141. The Morgan fingerprint density at radius 3 is 2.29 bits per heavy atom. The largest absolute Gasteiger partial charge is 0.457 e. The molecule has 148 valence electrons. The summed E-state index contributed by atoms with van der Waals surface area (Å²) in [4.78, 5) is 3.82. The number of ether oxygens (including phenoxy) is 2. The van der Waals surface area contributed by atoms with Crippen molar-refractivity contribution in [2.75, 3.05) is 7.11 Å². The van der Waals surface area contributed by atoms with Gasteiger partial charge in [0.1, 0.15) is 29.8 Å². The van der Waals surface area contributed by atoms with Crippen molar-refractivity contribution < 1.29 is 22.6 Å². The summed E-state index contributed by atoms with van der Waals surface area (Å²) in [7, 11) is 1.36. The van der Waals surface area contributed by atoms with Gasteiger partial charge in [-0.3, -0.25) is 0 Å². The van der Waals surface area contributed by atoms with Crippen LogP contribution in [0, 0.1) is 0 Å². The van der Waals surface area contributed by atoms with Crippen molar-refractivity contribution in [3.8, 4) is 11.5 Å². The molecule has 0 aliphatic carbocycles. The number of methoxy groups -OCH3 is 1. The fourth-order valence-electron chi connectivity index (χ4n) is 2.80. The summed E-state index contributed by atoms with van der Waals surface area (Å²) in [6.07, 6.45) is -1.87. The molecule has 0 N–H and O–H groups in total. The fraction of sp³-hybridized carbons (Fsp3) is 0.263. The number of alkyl halides is 3. The van der Waals surface area contributed by atoms with Crippen LogP contribution < -0.4 is 4.74 Å². The second-order valence-corrected chi connectivity index (χ2v) is 6.73. The van der Waals surface area contributed by atoms with Gasteiger partial charge in [0, 0.05) is 12.1 Å². The van der Waals surface area contributed by atoms with Crippen molar-refractivity contribution >= 4 is 11.6 Å². The third-order valence-electron chi connectivity index (χ3n) is 4.30. The van der Waals surface area contributed by atoms with Gasteiger partial charge >= 0.3 is 6.18 Å². The van der Waals surface area contributed by atoms with Gasteiger partial charge in [-0.15, -0.1) is 0 Å². The van der Waals surface area contributed by atoms with Gasteiger partial charge in [-0.25, -0.2) is 9.67 Å². The minimum absolute atomic E-state index is 0.0264. The van der Waals surface area contributed by atoms with E-state index in [0.717, 1.165) is 6.07 Å². The van der Waals surface area contributed by atoms with E-state index in [1.165, 1.54) is 36.6 Å². The number of hydrogen-bond donors (Lipinski definition) is 0. The van der Waals surface area contributed by atoms with Gasteiger partial charge in [0.25, 0.3) is 0 Å². The minimum Gasteiger partial charge on any atom is -0.457 e. The van der Waals surface area contributed by atoms with Crippen LogP contribution >= 0.6 is 11.6 Å². The van der Waals surface area contributed by atoms with Crippen LogP contribution in [0.2, 0.25) is 5.02 Å². The molecule has 3 rings (SSSR count). The summed E-state index contributed by atoms with van der Waals surface area (Å²) in [5.74, 6) is 0.431. The quantitative estimate of drug-likeness (QED) is 0.552. The van der Waals surface area contributed by atoms with E-state index in [4.69, 9.17) is 21.1 Å². The third kappa shape index (κ3) is 4.45. The van der Waals surface area contributed by atoms with Crippen LogP contribution in [0.5, 0.6) is 11.5 Å². The summed E-state index contributed by atoms with van der Waals surface area (Å²) < 4.78 is 53.8. The molecule has 0 spiro atoms. The van der Waals surface area contributed by atoms with Gasteiger partial charge in [-0.1, -0.05) is 17.7 Å². The van der Waals surface area contributed by atoms with Crippen molar-refractivity contribution in [3.63, 3.8) is 0 Å². The molecule has 28 heavy (non-hydrogen) atoms. The Kier molecular flexibility index (Phi) is 5.62. The SMILES string of the molecule is COC(C)(Cn1cncn1)c1ccc(Oc2ccc(Cl)cc2)cc1C(F)(F)F. The molecule has 2 aromatic carbocycles. The normalized spacial score (nSPS) is 13.9. The smallest absolute Gasteiger partial charge is 0.416 e. The summed E-state index contributed by atoms with van der Waals surface area (Å²) in [6.45, 7) is 1.63. The van der Waals surface area contributed by atoms with Crippen LogP contribution in [0.25, 0.3) is 0 Å². The topological polar surface area (TPSA) is 49.2 Å². The van der Waals surface area contributed by atoms with Gasteiger partial charge < -0.3 is 9.47 Å². The van der Waals surface area contributed by atoms with E-state index in [1.54, 1.807) is 31.2 Å². The maximum Gasteiger partial charge on any atom is 0.416 e. The first kappa shape index (κ1) is 20.2. The highest BCUT2D eigenvalue weighted by atomic mass is 35.5. The first-order valence-electron chi connectivity index (χ1n) is 8.24. The third-order valence-corrected chi connectivity index (χ3v) is 4.55. The van der Waals surface area contributed by atoms with E-state index in [-0.39, 0.29) is 17.9 Å². The van der Waals surface area contributed by atoms with Crippen LogP contribution in [-0.2, 0) is 23.1 Å². The van der Waals surface area contributed by atoms with Crippen molar-refractivity contribution in [1.82, 2.24) is 14.8 Å². The molecule has 1 heterocycles. The summed E-state index contributed by atoms with van der Waals surface area (Å²) in [5, 5.41) is 4.46. The van der Waals surface area contributed by atoms with E-state index < -0.39 is 17.3 Å². The number of halogens is 4. The molecule has 0 saturated heterocycles. The van der Waals surface area contributed by atoms with E-state index in [9.17, 15) is 13.2 Å². The molecule has 5 nitrogen and oxygen atoms in total. The number of nitrogens with zero attached hydrogens (tertiary/aromatic N) is 3. The Morgan fingerprint density at radius 2 is 1.71 bits per heavy atom. The van der Waals surface area contributed by atoms with Gasteiger partial charge in [0.05, 0.1) is 12.1 Å². The summed E-state index contributed by atoms with van der Waals surface area (Å²) >= 11 is 5.82. The monoisotopic (exact) mass is 411 g/mol. The van der Waals surface area contributed by atoms with Crippen molar-refractivity contribution in [2.24, 2.45) is 0 Å². The van der Waals surface area contributed by atoms with Crippen molar-refractivity contribution in [1.29, 1.82) is 0 Å². The summed E-state index contributed by atoms with van der Waals surface area (Å²) in [5.41, 5.74) is -2.15. The maximum absolute atomic E-state index is 13.8. The highest BCUT2D eigenvalue weighted by Gasteiger charge is 2.40. The Morgan fingerprint density at radius 1 is 1.04 bits per heavy atom. The van der Waals surface area contributed by atoms with Gasteiger partial charge in [-0.05, 0) is 48.9 Å². The molecule has 0 amide bonds. The van der Waals surface area contributed by atoms with Gasteiger partial charge in [0.15, 0.2) is 0 Å². The lowest BCUT2D eigenvalue weighted by Crippen LogP contribution is -2.33. The first-order chi connectivity index (χ1) is 13.2. The zero-order valence-corrected chi connectivity index (χ0v) is 15.8. The molecule has 1 unspecified atom stereocenters. The average molecular weight is 412 g/mol. The van der Waals surface area contributed by atoms with Crippen LogP contribution in [-0.4, -0.2) is 21.9 Å². The average Bonchev–Trinajstić information content (AvgIpc) is 3.15. The van der Waals surface area contributed by atoms with Crippen LogP contribution in [0.1, 0.15) is 18.1 Å². The second kappa shape index (κ2) is 7.81. The molecular formula is C19H17ClF3N3O2. The predicted molar refractivity (Wildman–Crippen MR) is 97.4 cm³/mol. The van der Waals surface area contributed by atoms with E-state index in [2.05, 4.69) is 10.1 Å². The molecule has 0 bridgehead atoms. The Balaban J connectivity index is 1.99. The van der Waals surface area contributed by atoms with E-state index >= 15 is 0 Å². The number of aromatic nitrogens is 3. The highest BCUT2D eigenvalue weighted by Crippen LogP contribution is 2.41. The van der Waals surface area contributed by atoms with Gasteiger partial charge in [0.2, 0.25) is 0 Å². The lowest BCUT2D eigenvalue weighted by atomic mass is 9.90. The molecule has 1 atom stereocenters. The van der Waals surface area contributed by atoms with Crippen molar-refractivity contribution in [3.05, 3.63) is 71.3 Å². The van der Waals surface area contributed by atoms with Crippen LogP contribution in [0.3, 0.4) is 0 Å². The molecule has 0 fully saturated rings. The van der Waals surface area contributed by atoms with E-state index in [0.29, 0.717) is 10.8 Å². The Bertz CT molecular complexity index is 931. The second-order valence-electron chi connectivity index (χ2n) is 6.29. The predicted octanol–water partition coefficient (Wildman–Crippen LogP) is 5.30. The molecule has 1 aromatic heterocycles. The zero-order valence-electron chi connectivity index (χ0n) is 15.1. The molecule has 9 heteroatoms. The molecule has 0 aliphatic rings. The lowest BCUT2D eigenvalue weighted by Gasteiger charge is -2.31. The van der Waals surface area contributed by atoms with E-state index in [1.807, 2.05) is 0 Å². The maximum atomic E-state index is 13.8. The minimum atomic E-state index is -4.60. The highest BCUT2D eigenvalue weighted by molar-refractivity contribution is 6.30. The number of rotatable bonds is 6. The summed E-state index contributed by atoms with van der Waals surface area (Å²) in [6, 6.07) is 10.1. The molecule has 0 aliphatic heterocycles. The number of hydrogen-bond acceptors (Lipinski definition) is 4. The molecule has 3 aromatic rings. The van der Waals surface area contributed by atoms with Crippen LogP contribution in [0.15, 0.2) is 55.1 Å².